The third kappa shape index (κ3) is 4.85. The van der Waals surface area contributed by atoms with Gasteiger partial charge in [-0.05, 0) is 42.6 Å². The molecule has 1 saturated heterocycles. The summed E-state index contributed by atoms with van der Waals surface area (Å²) in [5.74, 6) is 1.18. The largest absolute Gasteiger partial charge is 0.465 e. The first-order valence-electron chi connectivity index (χ1n) is 10.4. The fourth-order valence-corrected chi connectivity index (χ4v) is 4.81. The summed E-state index contributed by atoms with van der Waals surface area (Å²) < 4.78 is 0. The lowest BCUT2D eigenvalue weighted by molar-refractivity contribution is -0.127. The number of likely N-dealkylation sites (N-methyl/N-ethyl adjacent to an activating group) is 1. The molecule has 0 aromatic heterocycles. The lowest BCUT2D eigenvalue weighted by atomic mass is 9.96. The van der Waals surface area contributed by atoms with Crippen LogP contribution in [0.15, 0.2) is 30.3 Å². The molecule has 1 heterocycles. The van der Waals surface area contributed by atoms with Gasteiger partial charge in [-0.3, -0.25) is 14.6 Å². The first-order valence-corrected chi connectivity index (χ1v) is 10.4. The number of nitrogens with one attached hydrogen (secondary N) is 1. The molecule has 1 aromatic carbocycles. The van der Waals surface area contributed by atoms with E-state index in [-0.39, 0.29) is 17.9 Å². The Hall–Kier alpha value is -2.08. The van der Waals surface area contributed by atoms with Crippen LogP contribution in [-0.4, -0.2) is 59.1 Å². The second kappa shape index (κ2) is 8.95. The molecule has 2 amide bonds. The third-order valence-corrected chi connectivity index (χ3v) is 6.28. The molecule has 0 bridgehead atoms. The van der Waals surface area contributed by atoms with Crippen LogP contribution < -0.4 is 5.32 Å². The van der Waals surface area contributed by atoms with Crippen LogP contribution in [0.25, 0.3) is 0 Å². The van der Waals surface area contributed by atoms with Gasteiger partial charge in [-0.15, -0.1) is 0 Å². The molecule has 6 nitrogen and oxygen atoms in total. The third-order valence-electron chi connectivity index (χ3n) is 6.28. The van der Waals surface area contributed by atoms with E-state index >= 15 is 0 Å². The van der Waals surface area contributed by atoms with E-state index < -0.39 is 12.1 Å². The predicted molar refractivity (Wildman–Crippen MR) is 109 cm³/mol. The number of likely N-dealkylation sites (tertiary alicyclic amines) is 1. The van der Waals surface area contributed by atoms with E-state index in [1.807, 2.05) is 19.9 Å². The van der Waals surface area contributed by atoms with Crippen molar-refractivity contribution in [3.05, 3.63) is 35.9 Å². The van der Waals surface area contributed by atoms with E-state index in [0.717, 1.165) is 37.4 Å². The molecule has 6 heteroatoms. The average Bonchev–Trinajstić information content (AvgIpc) is 3.21. The number of hydrogen-bond acceptors (Lipinski definition) is 3. The molecule has 3 rings (SSSR count). The van der Waals surface area contributed by atoms with Gasteiger partial charge in [-0.1, -0.05) is 44.2 Å². The molecule has 4 atom stereocenters. The summed E-state index contributed by atoms with van der Waals surface area (Å²) in [7, 11) is 1.49. The molecule has 2 aliphatic rings. The number of carboxylic acid groups (broad SMARTS) is 1. The Balaban J connectivity index is 1.59. The van der Waals surface area contributed by atoms with Crippen molar-refractivity contribution in [1.29, 1.82) is 0 Å². The maximum atomic E-state index is 12.9. The van der Waals surface area contributed by atoms with Crippen molar-refractivity contribution in [2.75, 3.05) is 20.1 Å². The molecule has 28 heavy (non-hydrogen) atoms. The fourth-order valence-electron chi connectivity index (χ4n) is 4.81. The Morgan fingerprint density at radius 3 is 2.57 bits per heavy atom. The topological polar surface area (TPSA) is 72.9 Å². The minimum Gasteiger partial charge on any atom is -0.465 e. The molecule has 154 valence electrons. The van der Waals surface area contributed by atoms with Crippen molar-refractivity contribution >= 4 is 12.0 Å². The van der Waals surface area contributed by atoms with E-state index in [2.05, 4.69) is 34.5 Å². The second-order valence-corrected chi connectivity index (χ2v) is 8.83. The van der Waals surface area contributed by atoms with E-state index in [9.17, 15) is 14.7 Å². The van der Waals surface area contributed by atoms with Crippen molar-refractivity contribution in [1.82, 2.24) is 15.1 Å². The standard InChI is InChI=1S/C22H33N3O3/c1-15(2)11-20(24(3)22(27)28)21(26)23-19-10-9-17-13-25(14-18(17)19)12-16-7-5-4-6-8-16/h4-8,15,17-20H,9-14H2,1-3H3,(H,23,26)(H,27,28)/t17-,18?,19?,20+/m0/s1. The smallest absolute Gasteiger partial charge is 0.407 e. The van der Waals surface area contributed by atoms with Gasteiger partial charge in [0.05, 0.1) is 0 Å². The molecule has 2 fully saturated rings. The molecule has 1 aliphatic carbocycles. The Morgan fingerprint density at radius 2 is 1.93 bits per heavy atom. The van der Waals surface area contributed by atoms with Crippen molar-refractivity contribution in [2.24, 2.45) is 17.8 Å². The SMILES string of the molecule is CC(C)C[C@H](C(=O)NC1CC[C@H]2CN(Cc3ccccc3)CC12)N(C)C(=O)O. The number of rotatable bonds is 7. The van der Waals surface area contributed by atoms with Crippen LogP contribution in [0.2, 0.25) is 0 Å². The van der Waals surface area contributed by atoms with Crippen molar-refractivity contribution in [3.8, 4) is 0 Å². The average molecular weight is 388 g/mol. The lowest BCUT2D eigenvalue weighted by Gasteiger charge is -2.29. The normalized spacial score (nSPS) is 25.5. The van der Waals surface area contributed by atoms with Gasteiger partial charge in [-0.25, -0.2) is 4.79 Å². The predicted octanol–water partition coefficient (Wildman–Crippen LogP) is 3.04. The number of fused-ring (bicyclic) bond motifs is 1. The van der Waals surface area contributed by atoms with Crippen LogP contribution in [0.1, 0.15) is 38.7 Å². The monoisotopic (exact) mass is 387 g/mol. The van der Waals surface area contributed by atoms with Gasteiger partial charge in [0.25, 0.3) is 0 Å². The van der Waals surface area contributed by atoms with Crippen molar-refractivity contribution in [2.45, 2.75) is 51.7 Å². The van der Waals surface area contributed by atoms with Gasteiger partial charge in [0.1, 0.15) is 6.04 Å². The summed E-state index contributed by atoms with van der Waals surface area (Å²) in [5, 5.41) is 12.5. The van der Waals surface area contributed by atoms with Gasteiger partial charge in [-0.2, -0.15) is 0 Å². The zero-order chi connectivity index (χ0) is 20.3. The summed E-state index contributed by atoms with van der Waals surface area (Å²) in [5.41, 5.74) is 1.32. The first-order chi connectivity index (χ1) is 13.3. The molecule has 1 aliphatic heterocycles. The van der Waals surface area contributed by atoms with Crippen LogP contribution in [0.3, 0.4) is 0 Å². The molecular formula is C22H33N3O3. The summed E-state index contributed by atoms with van der Waals surface area (Å²) in [6, 6.07) is 10.0. The van der Waals surface area contributed by atoms with Gasteiger partial charge in [0.2, 0.25) is 5.91 Å². The van der Waals surface area contributed by atoms with Crippen LogP contribution >= 0.6 is 0 Å². The first kappa shape index (κ1) is 20.6. The van der Waals surface area contributed by atoms with E-state index in [4.69, 9.17) is 0 Å². The molecule has 2 N–H and O–H groups in total. The van der Waals surface area contributed by atoms with Crippen LogP contribution in [0.5, 0.6) is 0 Å². The summed E-state index contributed by atoms with van der Waals surface area (Å²) in [6.45, 7) is 7.05. The number of hydrogen-bond donors (Lipinski definition) is 2. The maximum Gasteiger partial charge on any atom is 0.407 e. The van der Waals surface area contributed by atoms with Crippen LogP contribution in [0.4, 0.5) is 4.79 Å². The van der Waals surface area contributed by atoms with E-state index in [0.29, 0.717) is 18.3 Å². The Kier molecular flexibility index (Phi) is 6.60. The van der Waals surface area contributed by atoms with Gasteiger partial charge >= 0.3 is 6.09 Å². The summed E-state index contributed by atoms with van der Waals surface area (Å²) >= 11 is 0. The van der Waals surface area contributed by atoms with Gasteiger partial charge < -0.3 is 10.4 Å². The highest BCUT2D eigenvalue weighted by Gasteiger charge is 2.43. The highest BCUT2D eigenvalue weighted by molar-refractivity contribution is 5.85. The quantitative estimate of drug-likeness (QED) is 0.754. The maximum absolute atomic E-state index is 12.9. The molecule has 0 radical (unpaired) electrons. The van der Waals surface area contributed by atoms with Crippen LogP contribution in [0, 0.1) is 17.8 Å². The van der Waals surface area contributed by atoms with Gasteiger partial charge in [0.15, 0.2) is 0 Å². The minimum atomic E-state index is -1.06. The Bertz CT molecular complexity index is 679. The summed E-state index contributed by atoms with van der Waals surface area (Å²) in [4.78, 5) is 27.9. The molecule has 2 unspecified atom stereocenters. The molecule has 1 saturated carbocycles. The van der Waals surface area contributed by atoms with E-state index in [1.54, 1.807) is 0 Å². The Labute approximate surface area is 167 Å². The highest BCUT2D eigenvalue weighted by atomic mass is 16.4. The summed E-state index contributed by atoms with van der Waals surface area (Å²) in [6.07, 6.45) is 1.60. The zero-order valence-corrected chi connectivity index (χ0v) is 17.2. The molecule has 0 spiro atoms. The number of amides is 2. The Morgan fingerprint density at radius 1 is 1.21 bits per heavy atom. The lowest BCUT2D eigenvalue weighted by Crippen LogP contribution is -2.51. The minimum absolute atomic E-state index is 0.147. The van der Waals surface area contributed by atoms with Gasteiger partial charge in [0, 0.05) is 32.7 Å². The number of benzene rings is 1. The van der Waals surface area contributed by atoms with E-state index in [1.165, 1.54) is 12.6 Å². The number of nitrogens with zero attached hydrogens (tertiary/aromatic N) is 2. The fraction of sp³-hybridized carbons (Fsp3) is 0.636. The van der Waals surface area contributed by atoms with Crippen molar-refractivity contribution < 1.29 is 14.7 Å². The second-order valence-electron chi connectivity index (χ2n) is 8.83. The van der Waals surface area contributed by atoms with Crippen LogP contribution in [-0.2, 0) is 11.3 Å². The van der Waals surface area contributed by atoms with Crippen molar-refractivity contribution in [3.63, 3.8) is 0 Å². The zero-order valence-electron chi connectivity index (χ0n) is 17.2. The number of carbonyl (C=O) groups is 2. The highest BCUT2D eigenvalue weighted by Crippen LogP contribution is 2.38. The number of carbonyl (C=O) groups excluding carboxylic acids is 1. The molecular weight excluding hydrogens is 354 g/mol. The molecule has 1 aromatic rings.